The predicted octanol–water partition coefficient (Wildman–Crippen LogP) is 6.02. The van der Waals surface area contributed by atoms with Crippen molar-refractivity contribution < 1.29 is 36.9 Å². The average Bonchev–Trinajstić information content (AvgIpc) is 2.58. The van der Waals surface area contributed by atoms with Crippen LogP contribution < -0.4 is 9.47 Å². The SMILES string of the molecule is Cc1cc(F)ccc1Oc1c(Cl)cc(Cl)c2c1C=C(C(=O)O)C(C(F)(F)F)O2. The van der Waals surface area contributed by atoms with Gasteiger partial charge in [-0.25, -0.2) is 9.18 Å². The number of alkyl halides is 3. The summed E-state index contributed by atoms with van der Waals surface area (Å²) in [5.74, 6) is -2.77. The summed E-state index contributed by atoms with van der Waals surface area (Å²) in [6.07, 6.45) is -6.94. The molecule has 148 valence electrons. The molecule has 0 bridgehead atoms. The molecule has 0 saturated carbocycles. The largest absolute Gasteiger partial charge is 0.478 e. The van der Waals surface area contributed by atoms with Crippen molar-refractivity contribution in [1.82, 2.24) is 0 Å². The van der Waals surface area contributed by atoms with Crippen molar-refractivity contribution >= 4 is 35.2 Å². The van der Waals surface area contributed by atoms with Crippen LogP contribution in [0.1, 0.15) is 11.1 Å². The van der Waals surface area contributed by atoms with Crippen molar-refractivity contribution in [2.75, 3.05) is 0 Å². The van der Waals surface area contributed by atoms with Crippen molar-refractivity contribution in [3.05, 3.63) is 56.8 Å². The first-order valence-electron chi connectivity index (χ1n) is 7.63. The van der Waals surface area contributed by atoms with Crippen LogP contribution >= 0.6 is 23.2 Å². The topological polar surface area (TPSA) is 55.8 Å². The first kappa shape index (κ1) is 20.3. The lowest BCUT2D eigenvalue weighted by Gasteiger charge is -2.29. The lowest BCUT2D eigenvalue weighted by molar-refractivity contribution is -0.187. The summed E-state index contributed by atoms with van der Waals surface area (Å²) in [6, 6.07) is 4.71. The van der Waals surface area contributed by atoms with E-state index in [2.05, 4.69) is 0 Å². The fourth-order valence-electron chi connectivity index (χ4n) is 2.62. The van der Waals surface area contributed by atoms with Gasteiger partial charge in [0, 0.05) is 0 Å². The van der Waals surface area contributed by atoms with E-state index in [-0.39, 0.29) is 27.1 Å². The minimum atomic E-state index is -4.99. The fraction of sp³-hybridized carbons (Fsp3) is 0.167. The van der Waals surface area contributed by atoms with Crippen molar-refractivity contribution in [3.63, 3.8) is 0 Å². The molecule has 1 N–H and O–H groups in total. The van der Waals surface area contributed by atoms with Crippen molar-refractivity contribution in [3.8, 4) is 17.2 Å². The third-order valence-corrected chi connectivity index (χ3v) is 4.45. The normalized spacial score (nSPS) is 16.1. The second kappa shape index (κ2) is 7.18. The van der Waals surface area contributed by atoms with E-state index in [1.54, 1.807) is 6.92 Å². The number of carboxylic acids is 1. The molecule has 0 aliphatic carbocycles. The Morgan fingerprint density at radius 2 is 1.89 bits per heavy atom. The maximum atomic E-state index is 13.3. The van der Waals surface area contributed by atoms with E-state index in [0.29, 0.717) is 5.56 Å². The van der Waals surface area contributed by atoms with Crippen LogP contribution in [0.25, 0.3) is 6.08 Å². The van der Waals surface area contributed by atoms with Gasteiger partial charge in [-0.1, -0.05) is 23.2 Å². The number of fused-ring (bicyclic) bond motifs is 1. The molecule has 1 aliphatic rings. The molecule has 0 fully saturated rings. The number of halogens is 6. The Labute approximate surface area is 165 Å². The van der Waals surface area contributed by atoms with Crippen LogP contribution in [-0.2, 0) is 4.79 Å². The zero-order valence-corrected chi connectivity index (χ0v) is 15.4. The van der Waals surface area contributed by atoms with Crippen LogP contribution in [0.4, 0.5) is 17.6 Å². The van der Waals surface area contributed by atoms with E-state index in [1.807, 2.05) is 0 Å². The first-order valence-corrected chi connectivity index (χ1v) is 8.39. The van der Waals surface area contributed by atoms with Gasteiger partial charge in [0.15, 0.2) is 5.75 Å². The van der Waals surface area contributed by atoms with Gasteiger partial charge in [0.2, 0.25) is 6.10 Å². The molecule has 28 heavy (non-hydrogen) atoms. The number of rotatable bonds is 3. The van der Waals surface area contributed by atoms with Gasteiger partial charge in [-0.2, -0.15) is 13.2 Å². The number of hydrogen-bond acceptors (Lipinski definition) is 3. The highest BCUT2D eigenvalue weighted by molar-refractivity contribution is 6.37. The van der Waals surface area contributed by atoms with Crippen LogP contribution in [-0.4, -0.2) is 23.4 Å². The molecule has 3 rings (SSSR count). The van der Waals surface area contributed by atoms with Gasteiger partial charge in [0.05, 0.1) is 21.2 Å². The predicted molar refractivity (Wildman–Crippen MR) is 93.8 cm³/mol. The molecule has 2 aromatic rings. The molecule has 1 heterocycles. The number of benzene rings is 2. The van der Waals surface area contributed by atoms with E-state index >= 15 is 0 Å². The first-order chi connectivity index (χ1) is 13.0. The zero-order valence-electron chi connectivity index (χ0n) is 13.9. The number of carbonyl (C=O) groups is 1. The summed E-state index contributed by atoms with van der Waals surface area (Å²) in [5.41, 5.74) is -0.842. The van der Waals surface area contributed by atoms with Crippen molar-refractivity contribution in [2.24, 2.45) is 0 Å². The van der Waals surface area contributed by atoms with E-state index in [4.69, 9.17) is 32.7 Å². The summed E-state index contributed by atoms with van der Waals surface area (Å²) in [4.78, 5) is 11.4. The number of ether oxygens (including phenoxy) is 2. The van der Waals surface area contributed by atoms with Crippen molar-refractivity contribution in [2.45, 2.75) is 19.2 Å². The van der Waals surface area contributed by atoms with Gasteiger partial charge in [-0.3, -0.25) is 0 Å². The Kier molecular flexibility index (Phi) is 5.20. The molecule has 10 heteroatoms. The Bertz CT molecular complexity index is 1000. The number of aliphatic carboxylic acids is 1. The van der Waals surface area contributed by atoms with E-state index in [1.165, 1.54) is 12.1 Å². The van der Waals surface area contributed by atoms with Crippen LogP contribution in [0, 0.1) is 12.7 Å². The van der Waals surface area contributed by atoms with Gasteiger partial charge in [0.1, 0.15) is 17.3 Å². The molecule has 1 aliphatic heterocycles. The molecule has 0 spiro atoms. The highest BCUT2D eigenvalue weighted by atomic mass is 35.5. The van der Waals surface area contributed by atoms with Gasteiger partial charge < -0.3 is 14.6 Å². The summed E-state index contributed by atoms with van der Waals surface area (Å²) in [5, 5.41) is 8.85. The molecule has 1 unspecified atom stereocenters. The molecule has 0 radical (unpaired) electrons. The maximum absolute atomic E-state index is 13.3. The van der Waals surface area contributed by atoms with Gasteiger partial charge in [0.25, 0.3) is 0 Å². The second-order valence-electron chi connectivity index (χ2n) is 5.87. The highest BCUT2D eigenvalue weighted by Crippen LogP contribution is 2.49. The smallest absolute Gasteiger partial charge is 0.430 e. The van der Waals surface area contributed by atoms with Crippen LogP contribution in [0.3, 0.4) is 0 Å². The third-order valence-electron chi connectivity index (χ3n) is 3.89. The highest BCUT2D eigenvalue weighted by Gasteiger charge is 2.49. The Morgan fingerprint density at radius 1 is 1.21 bits per heavy atom. The van der Waals surface area contributed by atoms with Crippen LogP contribution in [0.2, 0.25) is 10.0 Å². The van der Waals surface area contributed by atoms with Gasteiger partial charge in [-0.15, -0.1) is 0 Å². The minimum Gasteiger partial charge on any atom is -0.478 e. The summed E-state index contributed by atoms with van der Waals surface area (Å²) in [6.45, 7) is 1.55. The zero-order chi connectivity index (χ0) is 20.8. The molecular formula is C18H10Cl2F4O4. The molecule has 0 amide bonds. The molecule has 1 atom stereocenters. The maximum Gasteiger partial charge on any atom is 0.430 e. The number of hydrogen-bond donors (Lipinski definition) is 1. The summed E-state index contributed by atoms with van der Waals surface area (Å²) in [7, 11) is 0. The standard InChI is InChI=1S/C18H10Cl2F4O4/c1-7-4-8(21)2-3-13(7)27-14-9-5-10(17(25)26)16(18(22,23)24)28-15(9)12(20)6-11(14)19/h2-6,16H,1H3,(H,25,26). The summed E-state index contributed by atoms with van der Waals surface area (Å²) < 4.78 is 63.5. The molecule has 0 aromatic heterocycles. The lowest BCUT2D eigenvalue weighted by Crippen LogP contribution is -2.40. The molecule has 2 aromatic carbocycles. The van der Waals surface area contributed by atoms with E-state index in [0.717, 1.165) is 18.2 Å². The number of aryl methyl sites for hydroxylation is 1. The second-order valence-corrected chi connectivity index (χ2v) is 6.68. The summed E-state index contributed by atoms with van der Waals surface area (Å²) >= 11 is 12.1. The Morgan fingerprint density at radius 3 is 2.46 bits per heavy atom. The monoisotopic (exact) mass is 436 g/mol. The number of carboxylic acid groups (broad SMARTS) is 1. The third kappa shape index (κ3) is 3.74. The van der Waals surface area contributed by atoms with Crippen LogP contribution in [0.15, 0.2) is 29.8 Å². The van der Waals surface area contributed by atoms with Crippen LogP contribution in [0.5, 0.6) is 17.2 Å². The average molecular weight is 437 g/mol. The van der Waals surface area contributed by atoms with Gasteiger partial charge in [-0.05, 0) is 42.8 Å². The lowest BCUT2D eigenvalue weighted by atomic mass is 10.0. The van der Waals surface area contributed by atoms with Crippen molar-refractivity contribution in [1.29, 1.82) is 0 Å². The fourth-order valence-corrected chi connectivity index (χ4v) is 3.18. The van der Waals surface area contributed by atoms with Gasteiger partial charge >= 0.3 is 12.1 Å². The minimum absolute atomic E-state index is 0.0949. The molecule has 4 nitrogen and oxygen atoms in total. The molecule has 0 saturated heterocycles. The quantitative estimate of drug-likeness (QED) is 0.597. The van der Waals surface area contributed by atoms with E-state index in [9.17, 15) is 27.5 Å². The Balaban J connectivity index is 2.18. The van der Waals surface area contributed by atoms with E-state index < -0.39 is 35.4 Å². The molecular weight excluding hydrogens is 427 g/mol. The Hall–Kier alpha value is -2.45.